The first-order chi connectivity index (χ1) is 15.5. The molecular weight excluding hydrogens is 430 g/mol. The maximum Gasteiger partial charge on any atom is 0.338 e. The van der Waals surface area contributed by atoms with Crippen LogP contribution >= 0.6 is 11.8 Å². The topological polar surface area (TPSA) is 80.7 Å². The molecule has 3 heterocycles. The van der Waals surface area contributed by atoms with Crippen LogP contribution in [-0.4, -0.2) is 61.3 Å². The molecule has 0 saturated carbocycles. The van der Waals surface area contributed by atoms with E-state index in [0.717, 1.165) is 42.4 Å². The van der Waals surface area contributed by atoms with Crippen LogP contribution in [0.5, 0.6) is 11.5 Å². The minimum absolute atomic E-state index is 0.0903. The van der Waals surface area contributed by atoms with Crippen LogP contribution in [0, 0.1) is 0 Å². The lowest BCUT2D eigenvalue weighted by Crippen LogP contribution is -2.38. The quantitative estimate of drug-likeness (QED) is 0.605. The molecule has 3 aliphatic rings. The van der Waals surface area contributed by atoms with Crippen LogP contribution in [0.4, 0.5) is 0 Å². The molecule has 9 heteroatoms. The van der Waals surface area contributed by atoms with E-state index in [4.69, 9.17) is 14.2 Å². The van der Waals surface area contributed by atoms with E-state index in [1.807, 2.05) is 33.4 Å². The number of hydrogen-bond acceptors (Lipinski definition) is 8. The number of amides is 1. The number of fused-ring (bicyclic) bond motifs is 1. The molecule has 1 aromatic carbocycles. The van der Waals surface area contributed by atoms with Crippen molar-refractivity contribution in [2.75, 3.05) is 34.4 Å². The predicted molar refractivity (Wildman–Crippen MR) is 122 cm³/mol. The van der Waals surface area contributed by atoms with Crippen molar-refractivity contribution in [3.05, 3.63) is 46.1 Å². The summed E-state index contributed by atoms with van der Waals surface area (Å²) in [7, 11) is 4.51. The van der Waals surface area contributed by atoms with Gasteiger partial charge in [-0.25, -0.2) is 9.79 Å². The summed E-state index contributed by atoms with van der Waals surface area (Å²) < 4.78 is 16.0. The average molecular weight is 458 g/mol. The standard InChI is InChI=1S/C23H27N3O5S/c1-14-20(22(28)31-4)21(15-7-8-17(29-2)18(11-15)30-3)26-16(13-32-23(26)24-14)12-19(27)25-9-5-6-10-25/h7-8,11,13,21H,5-6,9-10,12H2,1-4H3. The summed E-state index contributed by atoms with van der Waals surface area (Å²) >= 11 is 1.46. The van der Waals surface area contributed by atoms with Crippen LogP contribution in [0.1, 0.15) is 37.8 Å². The van der Waals surface area contributed by atoms with E-state index in [9.17, 15) is 9.59 Å². The molecule has 1 saturated heterocycles. The Morgan fingerprint density at radius 2 is 1.84 bits per heavy atom. The van der Waals surface area contributed by atoms with Crippen LogP contribution in [0.25, 0.3) is 0 Å². The Bertz CT molecular complexity index is 1030. The fourth-order valence-corrected chi connectivity index (χ4v) is 5.28. The number of thioether (sulfide) groups is 1. The molecule has 0 aromatic heterocycles. The molecule has 3 aliphatic heterocycles. The minimum Gasteiger partial charge on any atom is -0.493 e. The monoisotopic (exact) mass is 457 g/mol. The smallest absolute Gasteiger partial charge is 0.338 e. The number of aliphatic imine (C=N–C) groups is 1. The summed E-state index contributed by atoms with van der Waals surface area (Å²) in [6, 6.07) is 5.06. The second-order valence-electron chi connectivity index (χ2n) is 7.76. The molecule has 1 amide bonds. The van der Waals surface area contributed by atoms with E-state index in [-0.39, 0.29) is 12.3 Å². The highest BCUT2D eigenvalue weighted by Crippen LogP contribution is 2.46. The third-order valence-electron chi connectivity index (χ3n) is 5.92. The molecule has 8 nitrogen and oxygen atoms in total. The Morgan fingerprint density at radius 3 is 2.50 bits per heavy atom. The second-order valence-corrected chi connectivity index (χ2v) is 8.60. The number of hydrogen-bond donors (Lipinski definition) is 0. The summed E-state index contributed by atoms with van der Waals surface area (Å²) in [6.45, 7) is 3.40. The summed E-state index contributed by atoms with van der Waals surface area (Å²) in [5.41, 5.74) is 2.66. The largest absolute Gasteiger partial charge is 0.493 e. The van der Waals surface area contributed by atoms with E-state index >= 15 is 0 Å². The van der Waals surface area contributed by atoms with Gasteiger partial charge < -0.3 is 24.0 Å². The Balaban J connectivity index is 1.75. The van der Waals surface area contributed by atoms with E-state index in [1.54, 1.807) is 21.1 Å². The minimum atomic E-state index is -0.498. The number of allylic oxidation sites excluding steroid dienone is 1. The van der Waals surface area contributed by atoms with Crippen LogP contribution < -0.4 is 9.47 Å². The first-order valence-electron chi connectivity index (χ1n) is 10.5. The first-order valence-corrected chi connectivity index (χ1v) is 11.4. The second kappa shape index (κ2) is 9.28. The van der Waals surface area contributed by atoms with Crippen LogP contribution in [0.15, 0.2) is 45.6 Å². The van der Waals surface area contributed by atoms with Gasteiger partial charge in [-0.1, -0.05) is 17.8 Å². The maximum atomic E-state index is 12.9. The van der Waals surface area contributed by atoms with Crippen molar-refractivity contribution in [1.29, 1.82) is 0 Å². The van der Waals surface area contributed by atoms with Crippen molar-refractivity contribution in [2.45, 2.75) is 32.2 Å². The van der Waals surface area contributed by atoms with E-state index in [0.29, 0.717) is 22.8 Å². The van der Waals surface area contributed by atoms with Gasteiger partial charge in [0.1, 0.15) is 0 Å². The van der Waals surface area contributed by atoms with Crippen molar-refractivity contribution < 1.29 is 23.8 Å². The third-order valence-corrected chi connectivity index (χ3v) is 6.81. The van der Waals surface area contributed by atoms with Gasteiger partial charge in [-0.3, -0.25) is 4.79 Å². The first kappa shape index (κ1) is 22.3. The molecule has 4 rings (SSSR count). The fourth-order valence-electron chi connectivity index (χ4n) is 4.31. The van der Waals surface area contributed by atoms with Crippen molar-refractivity contribution in [3.8, 4) is 11.5 Å². The summed E-state index contributed by atoms with van der Waals surface area (Å²) in [6.07, 6.45) is 2.33. The molecule has 0 bridgehead atoms. The number of carbonyl (C=O) groups excluding carboxylic acids is 2. The normalized spacial score (nSPS) is 20.1. The lowest BCUT2D eigenvalue weighted by Gasteiger charge is -2.36. The highest BCUT2D eigenvalue weighted by atomic mass is 32.2. The predicted octanol–water partition coefficient (Wildman–Crippen LogP) is 3.46. The van der Waals surface area contributed by atoms with Gasteiger partial charge in [0.15, 0.2) is 16.7 Å². The number of rotatable bonds is 6. The van der Waals surface area contributed by atoms with Gasteiger partial charge in [0.05, 0.1) is 45.1 Å². The van der Waals surface area contributed by atoms with Gasteiger partial charge >= 0.3 is 5.97 Å². The Kier molecular flexibility index (Phi) is 6.45. The summed E-state index contributed by atoms with van der Waals surface area (Å²) in [5, 5.41) is 2.69. The number of nitrogens with zero attached hydrogens (tertiary/aromatic N) is 3. The van der Waals surface area contributed by atoms with Gasteiger partial charge in [-0.15, -0.1) is 0 Å². The molecule has 170 valence electrons. The third kappa shape index (κ3) is 3.97. The number of likely N-dealkylation sites (tertiary alicyclic amines) is 1. The van der Waals surface area contributed by atoms with Crippen LogP contribution in [0.2, 0.25) is 0 Å². The molecule has 1 atom stereocenters. The van der Waals surface area contributed by atoms with Gasteiger partial charge in [-0.05, 0) is 42.9 Å². The lowest BCUT2D eigenvalue weighted by atomic mass is 9.93. The maximum absolute atomic E-state index is 12.9. The molecule has 0 spiro atoms. The Hall–Kier alpha value is -2.94. The number of amidine groups is 1. The van der Waals surface area contributed by atoms with Gasteiger partial charge in [0, 0.05) is 18.8 Å². The highest BCUT2D eigenvalue weighted by Gasteiger charge is 2.41. The van der Waals surface area contributed by atoms with E-state index in [2.05, 4.69) is 4.99 Å². The number of methoxy groups -OCH3 is 3. The van der Waals surface area contributed by atoms with Gasteiger partial charge in [0.2, 0.25) is 5.91 Å². The number of esters is 1. The molecule has 32 heavy (non-hydrogen) atoms. The fraction of sp³-hybridized carbons (Fsp3) is 0.435. The van der Waals surface area contributed by atoms with Crippen molar-refractivity contribution in [2.24, 2.45) is 4.99 Å². The van der Waals surface area contributed by atoms with E-state index in [1.165, 1.54) is 18.9 Å². The van der Waals surface area contributed by atoms with Crippen LogP contribution in [-0.2, 0) is 14.3 Å². The Morgan fingerprint density at radius 1 is 1.12 bits per heavy atom. The van der Waals surface area contributed by atoms with Gasteiger partial charge in [-0.2, -0.15) is 0 Å². The van der Waals surface area contributed by atoms with Crippen molar-refractivity contribution in [3.63, 3.8) is 0 Å². The van der Waals surface area contributed by atoms with Crippen molar-refractivity contribution >= 4 is 28.8 Å². The molecule has 1 aromatic rings. The lowest BCUT2D eigenvalue weighted by molar-refractivity contribution is -0.136. The zero-order chi connectivity index (χ0) is 22.8. The Labute approximate surface area is 191 Å². The SMILES string of the molecule is COC(=O)C1=C(C)N=C2SC=C(CC(=O)N3CCCC3)N2C1c1ccc(OC)c(OC)c1. The summed E-state index contributed by atoms with van der Waals surface area (Å²) in [5.74, 6) is 0.790. The number of ether oxygens (including phenoxy) is 3. The van der Waals surface area contributed by atoms with E-state index < -0.39 is 12.0 Å². The molecule has 1 fully saturated rings. The van der Waals surface area contributed by atoms with Crippen molar-refractivity contribution in [1.82, 2.24) is 9.80 Å². The highest BCUT2D eigenvalue weighted by molar-refractivity contribution is 8.16. The number of benzene rings is 1. The van der Waals surface area contributed by atoms with Gasteiger partial charge in [0.25, 0.3) is 0 Å². The zero-order valence-electron chi connectivity index (χ0n) is 18.7. The molecule has 0 radical (unpaired) electrons. The molecule has 0 N–H and O–H groups in total. The number of carbonyl (C=O) groups is 2. The molecule has 0 aliphatic carbocycles. The summed E-state index contributed by atoms with van der Waals surface area (Å²) in [4.78, 5) is 34.3. The molecule has 1 unspecified atom stereocenters. The zero-order valence-corrected chi connectivity index (χ0v) is 19.5. The molecular formula is C23H27N3O5S. The van der Waals surface area contributed by atoms with Crippen LogP contribution in [0.3, 0.4) is 0 Å². The average Bonchev–Trinajstić information content (AvgIpc) is 3.48.